The molecular formula is C25H34O6. The molecule has 4 fully saturated rings. The molecule has 5 rings (SSSR count). The molecule has 2 aliphatic carbocycles. The van der Waals surface area contributed by atoms with Crippen LogP contribution in [0.2, 0.25) is 0 Å². The normalized spacial score (nSPS) is 53.0. The third-order valence-electron chi connectivity index (χ3n) is 9.08. The summed E-state index contributed by atoms with van der Waals surface area (Å²) in [4.78, 5) is 26.4. The molecule has 0 aromatic carbocycles. The Bertz CT molecular complexity index is 917. The Morgan fingerprint density at radius 3 is 2.52 bits per heavy atom. The standard InChI is InChI=1S/C25H34O6/c1-13(2)11-18-25-16(5)17-8-7-14(3)24(17,28)21(27)20(25)22(6,29-18)9-10-23(31-25)15(4)12-19(26)30-23/h11-12,14,16-18,20,28H,7-10H2,1-6H3/t14-,16-,17-,18+,20-,22-,23-,24+,25-/m1/s1. The molecule has 1 N–H and O–H groups in total. The summed E-state index contributed by atoms with van der Waals surface area (Å²) in [6.07, 6.45) is 5.57. The van der Waals surface area contributed by atoms with E-state index in [2.05, 4.69) is 6.92 Å². The first-order valence-electron chi connectivity index (χ1n) is 11.6. The van der Waals surface area contributed by atoms with Gasteiger partial charge in [-0.1, -0.05) is 25.5 Å². The third-order valence-corrected chi connectivity index (χ3v) is 9.08. The van der Waals surface area contributed by atoms with Crippen molar-refractivity contribution < 1.29 is 28.9 Å². The van der Waals surface area contributed by atoms with Crippen LogP contribution in [0.25, 0.3) is 0 Å². The molecule has 3 heterocycles. The van der Waals surface area contributed by atoms with Crippen molar-refractivity contribution in [3.8, 4) is 0 Å². The summed E-state index contributed by atoms with van der Waals surface area (Å²) < 4.78 is 19.4. The molecule has 0 aromatic heterocycles. The summed E-state index contributed by atoms with van der Waals surface area (Å²) in [6.45, 7) is 11.9. The van der Waals surface area contributed by atoms with Crippen LogP contribution < -0.4 is 0 Å². The van der Waals surface area contributed by atoms with Crippen LogP contribution in [0.3, 0.4) is 0 Å². The van der Waals surface area contributed by atoms with Crippen LogP contribution in [0.15, 0.2) is 23.3 Å². The quantitative estimate of drug-likeness (QED) is 0.507. The van der Waals surface area contributed by atoms with E-state index < -0.39 is 40.6 Å². The number of allylic oxidation sites excluding steroid dienone is 1. The summed E-state index contributed by atoms with van der Waals surface area (Å²) in [6, 6.07) is 0. The van der Waals surface area contributed by atoms with E-state index in [0.29, 0.717) is 12.8 Å². The number of carbonyl (C=O) groups excluding carboxylic acids is 2. The summed E-state index contributed by atoms with van der Waals surface area (Å²) in [7, 11) is 0. The van der Waals surface area contributed by atoms with Gasteiger partial charge in [0.15, 0.2) is 5.78 Å². The zero-order valence-electron chi connectivity index (χ0n) is 19.4. The minimum absolute atomic E-state index is 0.0992. The summed E-state index contributed by atoms with van der Waals surface area (Å²) in [5.41, 5.74) is -1.39. The fourth-order valence-electron chi connectivity index (χ4n) is 7.47. The highest BCUT2D eigenvalue weighted by Gasteiger charge is 2.79. The molecule has 3 aliphatic heterocycles. The van der Waals surface area contributed by atoms with Crippen molar-refractivity contribution in [3.05, 3.63) is 23.3 Å². The Kier molecular flexibility index (Phi) is 4.34. The van der Waals surface area contributed by atoms with Crippen LogP contribution in [0.4, 0.5) is 0 Å². The van der Waals surface area contributed by atoms with Crippen molar-refractivity contribution in [2.45, 2.75) is 95.9 Å². The number of fused-ring (bicyclic) bond motifs is 1. The molecule has 6 nitrogen and oxygen atoms in total. The molecule has 2 saturated heterocycles. The smallest absolute Gasteiger partial charge is 0.333 e. The maximum absolute atomic E-state index is 14.2. The zero-order valence-corrected chi connectivity index (χ0v) is 19.4. The maximum atomic E-state index is 14.2. The fraction of sp³-hybridized carbons (Fsp3) is 0.760. The molecule has 5 aliphatic rings. The van der Waals surface area contributed by atoms with E-state index in [0.717, 1.165) is 24.0 Å². The number of ether oxygens (including phenoxy) is 3. The van der Waals surface area contributed by atoms with Crippen LogP contribution in [0.1, 0.15) is 67.2 Å². The van der Waals surface area contributed by atoms with Gasteiger partial charge in [0.1, 0.15) is 17.3 Å². The number of Topliss-reactive ketones (excluding diaryl/α,β-unsaturated/α-hetero) is 1. The van der Waals surface area contributed by atoms with E-state index in [1.165, 1.54) is 6.08 Å². The summed E-state index contributed by atoms with van der Waals surface area (Å²) in [5.74, 6) is -2.86. The lowest BCUT2D eigenvalue weighted by Crippen LogP contribution is -2.70. The van der Waals surface area contributed by atoms with E-state index in [9.17, 15) is 14.7 Å². The average Bonchev–Trinajstić information content (AvgIpc) is 3.18. The topological polar surface area (TPSA) is 82.1 Å². The molecule has 0 aromatic rings. The Hall–Kier alpha value is -1.50. The lowest BCUT2D eigenvalue weighted by Gasteiger charge is -2.55. The van der Waals surface area contributed by atoms with Crippen LogP contribution in [-0.2, 0) is 23.8 Å². The van der Waals surface area contributed by atoms with Crippen LogP contribution >= 0.6 is 0 Å². The number of ketones is 1. The highest BCUT2D eigenvalue weighted by Crippen LogP contribution is 2.66. The molecule has 170 valence electrons. The first-order chi connectivity index (χ1) is 14.4. The largest absolute Gasteiger partial charge is 0.426 e. The average molecular weight is 431 g/mol. The van der Waals surface area contributed by atoms with Crippen molar-refractivity contribution in [1.82, 2.24) is 0 Å². The van der Waals surface area contributed by atoms with E-state index in [1.54, 1.807) is 0 Å². The van der Waals surface area contributed by atoms with Crippen molar-refractivity contribution >= 4 is 11.8 Å². The Labute approximate surface area is 184 Å². The fourth-order valence-corrected chi connectivity index (χ4v) is 7.47. The van der Waals surface area contributed by atoms with Gasteiger partial charge in [-0.15, -0.1) is 0 Å². The Morgan fingerprint density at radius 1 is 1.19 bits per heavy atom. The highest BCUT2D eigenvalue weighted by atomic mass is 16.7. The second-order valence-electron chi connectivity index (χ2n) is 11.0. The van der Waals surface area contributed by atoms with E-state index >= 15 is 0 Å². The first-order valence-corrected chi connectivity index (χ1v) is 11.6. The Balaban J connectivity index is 1.75. The third kappa shape index (κ3) is 2.44. The van der Waals surface area contributed by atoms with Gasteiger partial charge in [-0.05, 0) is 58.8 Å². The van der Waals surface area contributed by atoms with Crippen LogP contribution in [0.5, 0.6) is 0 Å². The van der Waals surface area contributed by atoms with E-state index in [4.69, 9.17) is 14.2 Å². The molecule has 0 radical (unpaired) electrons. The van der Waals surface area contributed by atoms with Gasteiger partial charge >= 0.3 is 5.97 Å². The van der Waals surface area contributed by atoms with Crippen LogP contribution in [-0.4, -0.2) is 45.6 Å². The summed E-state index contributed by atoms with van der Waals surface area (Å²) >= 11 is 0. The maximum Gasteiger partial charge on any atom is 0.333 e. The molecule has 0 unspecified atom stereocenters. The minimum Gasteiger partial charge on any atom is -0.426 e. The van der Waals surface area contributed by atoms with E-state index in [-0.39, 0.29) is 23.5 Å². The number of carbonyl (C=O) groups is 2. The molecule has 31 heavy (non-hydrogen) atoms. The predicted octanol–water partition coefficient (Wildman–Crippen LogP) is 3.47. The van der Waals surface area contributed by atoms with E-state index in [1.807, 2.05) is 40.7 Å². The zero-order chi connectivity index (χ0) is 22.6. The van der Waals surface area contributed by atoms with Crippen LogP contribution in [0, 0.1) is 23.7 Å². The monoisotopic (exact) mass is 430 g/mol. The van der Waals surface area contributed by atoms with Gasteiger partial charge in [0.2, 0.25) is 5.79 Å². The SMILES string of the molecule is CC(C)=C[C@@H]1O[C@]2(C)CC[C@@]3(OC(=O)C=C3C)O[C@]13[C@H](C)[C@H]1CC[C@@H](C)[C@@]1(O)C(=O)[C@@H]32. The van der Waals surface area contributed by atoms with Gasteiger partial charge < -0.3 is 19.3 Å². The minimum atomic E-state index is -1.36. The second-order valence-corrected chi connectivity index (χ2v) is 11.0. The predicted molar refractivity (Wildman–Crippen MR) is 113 cm³/mol. The van der Waals surface area contributed by atoms with Gasteiger partial charge in [-0.2, -0.15) is 0 Å². The van der Waals surface area contributed by atoms with Gasteiger partial charge in [-0.25, -0.2) is 4.79 Å². The van der Waals surface area contributed by atoms with Gasteiger partial charge in [0.05, 0.1) is 11.5 Å². The van der Waals surface area contributed by atoms with Crippen molar-refractivity contribution in [1.29, 1.82) is 0 Å². The number of rotatable bonds is 1. The number of hydrogen-bond acceptors (Lipinski definition) is 6. The molecule has 0 amide bonds. The molecular weight excluding hydrogens is 396 g/mol. The highest BCUT2D eigenvalue weighted by molar-refractivity contribution is 5.94. The molecule has 9 atom stereocenters. The second kappa shape index (κ2) is 6.30. The van der Waals surface area contributed by atoms with Crippen molar-refractivity contribution in [3.63, 3.8) is 0 Å². The van der Waals surface area contributed by atoms with Crippen molar-refractivity contribution in [2.75, 3.05) is 0 Å². The lowest BCUT2D eigenvalue weighted by molar-refractivity contribution is -0.293. The first kappa shape index (κ1) is 21.4. The van der Waals surface area contributed by atoms with Gasteiger partial charge in [0.25, 0.3) is 0 Å². The molecule has 6 heteroatoms. The molecule has 2 bridgehead atoms. The van der Waals surface area contributed by atoms with Gasteiger partial charge in [-0.3, -0.25) is 4.79 Å². The Morgan fingerprint density at radius 2 is 1.90 bits per heavy atom. The molecule has 2 saturated carbocycles. The number of hydrogen-bond donors (Lipinski definition) is 1. The molecule has 1 spiro atoms. The lowest BCUT2D eigenvalue weighted by atomic mass is 9.53. The number of aliphatic hydroxyl groups is 1. The summed E-state index contributed by atoms with van der Waals surface area (Å²) in [5, 5.41) is 11.8. The number of esters is 1. The van der Waals surface area contributed by atoms with Gasteiger partial charge in [0, 0.05) is 24.0 Å². The van der Waals surface area contributed by atoms with Crippen molar-refractivity contribution in [2.24, 2.45) is 23.7 Å².